The average Bonchev–Trinajstić information content (AvgIpc) is 2.81. The fourth-order valence-corrected chi connectivity index (χ4v) is 3.80. The SMILES string of the molecule is CCN(C(=O)c1cccc(NC(=O)c2ccc(OCCC(C)C)c(Br)c2)c1)c1ccccc1. The van der Waals surface area contributed by atoms with Crippen LogP contribution in [0.2, 0.25) is 0 Å². The second kappa shape index (κ2) is 11.7. The first-order valence-corrected chi connectivity index (χ1v) is 11.9. The molecule has 0 fully saturated rings. The number of anilines is 2. The molecule has 0 saturated carbocycles. The van der Waals surface area contributed by atoms with Crippen LogP contribution in [0.5, 0.6) is 5.75 Å². The molecule has 0 aliphatic heterocycles. The van der Waals surface area contributed by atoms with Gasteiger partial charge in [-0.1, -0.05) is 38.1 Å². The van der Waals surface area contributed by atoms with E-state index < -0.39 is 0 Å². The maximum atomic E-state index is 13.1. The number of nitrogens with zero attached hydrogens (tertiary/aromatic N) is 1. The Morgan fingerprint density at radius 1 is 0.970 bits per heavy atom. The van der Waals surface area contributed by atoms with Gasteiger partial charge in [0.15, 0.2) is 0 Å². The van der Waals surface area contributed by atoms with Gasteiger partial charge in [0.2, 0.25) is 0 Å². The van der Waals surface area contributed by atoms with E-state index in [1.54, 1.807) is 47.4 Å². The molecule has 0 saturated heterocycles. The minimum atomic E-state index is -0.260. The maximum Gasteiger partial charge on any atom is 0.258 e. The highest BCUT2D eigenvalue weighted by Gasteiger charge is 2.17. The van der Waals surface area contributed by atoms with Gasteiger partial charge >= 0.3 is 0 Å². The molecule has 3 aromatic carbocycles. The molecule has 33 heavy (non-hydrogen) atoms. The molecule has 3 aromatic rings. The molecule has 5 nitrogen and oxygen atoms in total. The number of hydrogen-bond acceptors (Lipinski definition) is 3. The van der Waals surface area contributed by atoms with Crippen LogP contribution < -0.4 is 15.0 Å². The summed E-state index contributed by atoms with van der Waals surface area (Å²) in [5.74, 6) is 0.892. The Bertz CT molecular complexity index is 1100. The number of benzene rings is 3. The molecule has 0 heterocycles. The Balaban J connectivity index is 1.70. The molecule has 0 atom stereocenters. The number of amides is 2. The van der Waals surface area contributed by atoms with E-state index >= 15 is 0 Å². The predicted molar refractivity (Wildman–Crippen MR) is 137 cm³/mol. The first kappa shape index (κ1) is 24.5. The van der Waals surface area contributed by atoms with Crippen LogP contribution in [0.3, 0.4) is 0 Å². The monoisotopic (exact) mass is 508 g/mol. The normalized spacial score (nSPS) is 10.7. The maximum absolute atomic E-state index is 13.1. The van der Waals surface area contributed by atoms with Crippen LogP contribution in [0, 0.1) is 5.92 Å². The third-order valence-corrected chi connectivity index (χ3v) is 5.76. The van der Waals surface area contributed by atoms with Crippen molar-refractivity contribution in [1.29, 1.82) is 0 Å². The number of halogens is 1. The third kappa shape index (κ3) is 6.68. The fourth-order valence-electron chi connectivity index (χ4n) is 3.30. The number of carbonyl (C=O) groups is 2. The molecule has 0 aliphatic rings. The van der Waals surface area contributed by atoms with Crippen molar-refractivity contribution in [2.75, 3.05) is 23.4 Å². The Labute approximate surface area is 203 Å². The van der Waals surface area contributed by atoms with Gasteiger partial charge in [0, 0.05) is 29.0 Å². The summed E-state index contributed by atoms with van der Waals surface area (Å²) in [6.07, 6.45) is 0.962. The van der Waals surface area contributed by atoms with Crippen LogP contribution in [-0.2, 0) is 0 Å². The Hall–Kier alpha value is -3.12. The lowest BCUT2D eigenvalue weighted by Gasteiger charge is -2.21. The molecule has 0 spiro atoms. The van der Waals surface area contributed by atoms with Crippen molar-refractivity contribution < 1.29 is 14.3 Å². The number of ether oxygens (including phenoxy) is 1. The van der Waals surface area contributed by atoms with E-state index in [9.17, 15) is 9.59 Å². The lowest BCUT2D eigenvalue weighted by molar-refractivity contribution is 0.0985. The third-order valence-electron chi connectivity index (χ3n) is 5.14. The molecule has 0 aliphatic carbocycles. The Kier molecular flexibility index (Phi) is 8.66. The van der Waals surface area contributed by atoms with Crippen molar-refractivity contribution in [3.8, 4) is 5.75 Å². The summed E-state index contributed by atoms with van der Waals surface area (Å²) >= 11 is 3.49. The second-order valence-corrected chi connectivity index (χ2v) is 8.95. The zero-order valence-electron chi connectivity index (χ0n) is 19.2. The first-order chi connectivity index (χ1) is 15.9. The lowest BCUT2D eigenvalue weighted by Crippen LogP contribution is -2.30. The van der Waals surface area contributed by atoms with Gasteiger partial charge in [-0.2, -0.15) is 0 Å². The van der Waals surface area contributed by atoms with Crippen molar-refractivity contribution in [1.82, 2.24) is 0 Å². The van der Waals surface area contributed by atoms with E-state index in [2.05, 4.69) is 35.1 Å². The number of hydrogen-bond donors (Lipinski definition) is 1. The second-order valence-electron chi connectivity index (χ2n) is 8.10. The fraction of sp³-hybridized carbons (Fsp3) is 0.259. The summed E-state index contributed by atoms with van der Waals surface area (Å²) in [5, 5.41) is 2.88. The molecule has 0 unspecified atom stereocenters. The highest BCUT2D eigenvalue weighted by Crippen LogP contribution is 2.27. The van der Waals surface area contributed by atoms with Crippen LogP contribution in [0.25, 0.3) is 0 Å². The summed E-state index contributed by atoms with van der Waals surface area (Å²) in [6.45, 7) is 7.40. The smallest absolute Gasteiger partial charge is 0.258 e. The molecule has 0 bridgehead atoms. The summed E-state index contributed by atoms with van der Waals surface area (Å²) in [6, 6.07) is 21.8. The number of para-hydroxylation sites is 1. The Morgan fingerprint density at radius 2 is 1.73 bits per heavy atom. The van der Waals surface area contributed by atoms with Crippen molar-refractivity contribution in [3.05, 3.63) is 88.4 Å². The van der Waals surface area contributed by atoms with Gasteiger partial charge in [-0.25, -0.2) is 0 Å². The molecule has 0 radical (unpaired) electrons. The Morgan fingerprint density at radius 3 is 2.39 bits per heavy atom. The van der Waals surface area contributed by atoms with Crippen molar-refractivity contribution in [2.45, 2.75) is 27.2 Å². The summed E-state index contributed by atoms with van der Waals surface area (Å²) in [5.41, 5.74) is 2.39. The highest BCUT2D eigenvalue weighted by atomic mass is 79.9. The van der Waals surface area contributed by atoms with Crippen LogP contribution in [0.4, 0.5) is 11.4 Å². The molecule has 3 rings (SSSR count). The number of nitrogens with one attached hydrogen (secondary N) is 1. The van der Waals surface area contributed by atoms with Gasteiger partial charge in [0.1, 0.15) is 5.75 Å². The minimum Gasteiger partial charge on any atom is -0.492 e. The van der Waals surface area contributed by atoms with E-state index in [1.807, 2.05) is 37.3 Å². The minimum absolute atomic E-state index is 0.120. The summed E-state index contributed by atoms with van der Waals surface area (Å²) in [7, 11) is 0. The number of rotatable bonds is 9. The topological polar surface area (TPSA) is 58.6 Å². The average molecular weight is 509 g/mol. The molecule has 6 heteroatoms. The van der Waals surface area contributed by atoms with Gasteiger partial charge in [0.05, 0.1) is 11.1 Å². The van der Waals surface area contributed by atoms with Crippen molar-refractivity contribution in [3.63, 3.8) is 0 Å². The zero-order chi connectivity index (χ0) is 23.8. The summed E-state index contributed by atoms with van der Waals surface area (Å²) < 4.78 is 6.52. The van der Waals surface area contributed by atoms with Crippen LogP contribution in [0.1, 0.15) is 47.9 Å². The quantitative estimate of drug-likeness (QED) is 0.346. The van der Waals surface area contributed by atoms with E-state index in [4.69, 9.17) is 4.74 Å². The van der Waals surface area contributed by atoms with E-state index in [0.717, 1.165) is 16.6 Å². The largest absolute Gasteiger partial charge is 0.492 e. The highest BCUT2D eigenvalue weighted by molar-refractivity contribution is 9.10. The van der Waals surface area contributed by atoms with Crippen molar-refractivity contribution >= 4 is 39.1 Å². The van der Waals surface area contributed by atoms with Gasteiger partial charge < -0.3 is 15.0 Å². The van der Waals surface area contributed by atoms with Gasteiger partial charge in [0.25, 0.3) is 11.8 Å². The molecule has 0 aromatic heterocycles. The van der Waals surface area contributed by atoms with Crippen LogP contribution in [0.15, 0.2) is 77.3 Å². The van der Waals surface area contributed by atoms with Crippen LogP contribution in [-0.4, -0.2) is 25.0 Å². The molecule has 1 N–H and O–H groups in total. The van der Waals surface area contributed by atoms with E-state index in [0.29, 0.717) is 41.6 Å². The standard InChI is InChI=1S/C27H29BrN2O3/c1-4-30(23-11-6-5-7-12-23)27(32)21-9-8-10-22(17-21)29-26(31)20-13-14-25(24(28)18-20)33-16-15-19(2)3/h5-14,17-19H,4,15-16H2,1-3H3,(H,29,31). The van der Waals surface area contributed by atoms with Gasteiger partial charge in [-0.3, -0.25) is 9.59 Å². The summed E-state index contributed by atoms with van der Waals surface area (Å²) in [4.78, 5) is 27.6. The van der Waals surface area contributed by atoms with Gasteiger partial charge in [-0.15, -0.1) is 0 Å². The predicted octanol–water partition coefficient (Wildman–Crippen LogP) is 6.79. The van der Waals surface area contributed by atoms with E-state index in [-0.39, 0.29) is 11.8 Å². The van der Waals surface area contributed by atoms with E-state index in [1.165, 1.54) is 0 Å². The molecular formula is C27H29BrN2O3. The number of carbonyl (C=O) groups excluding carboxylic acids is 2. The van der Waals surface area contributed by atoms with Crippen LogP contribution >= 0.6 is 15.9 Å². The van der Waals surface area contributed by atoms with Crippen molar-refractivity contribution in [2.24, 2.45) is 5.92 Å². The van der Waals surface area contributed by atoms with Gasteiger partial charge in [-0.05, 0) is 83.7 Å². The lowest BCUT2D eigenvalue weighted by atomic mass is 10.1. The first-order valence-electron chi connectivity index (χ1n) is 11.1. The molecule has 172 valence electrons. The molecule has 2 amide bonds. The zero-order valence-corrected chi connectivity index (χ0v) is 20.8. The molecular weight excluding hydrogens is 480 g/mol.